The minimum Gasteiger partial charge on any atom is -0.508 e. The number of hydrogen-bond donors (Lipinski definition) is 12. The summed E-state index contributed by atoms with van der Waals surface area (Å²) in [5.41, 5.74) is -1.80. The van der Waals surface area contributed by atoms with Crippen LogP contribution in [0.4, 0.5) is 0 Å². The summed E-state index contributed by atoms with van der Waals surface area (Å²) in [6.45, 7) is -1.47. The molecule has 5 rings (SSSR count). The van der Waals surface area contributed by atoms with E-state index < -0.39 is 131 Å². The maximum Gasteiger partial charge on any atom is 0.239 e. The van der Waals surface area contributed by atoms with Gasteiger partial charge in [-0.25, -0.2) is 0 Å². The highest BCUT2D eigenvalue weighted by atomic mass is 16.7. The molecule has 0 bridgehead atoms. The number of aliphatic hydroxyl groups is 7. The van der Waals surface area contributed by atoms with Gasteiger partial charge in [0, 0.05) is 17.7 Å². The fraction of sp³-hybridized carbons (Fsp3) is 0.444. The van der Waals surface area contributed by atoms with E-state index in [2.05, 4.69) is 0 Å². The lowest BCUT2D eigenvalue weighted by Gasteiger charge is -2.42. The molecule has 2 aromatic carbocycles. The first-order valence-electron chi connectivity index (χ1n) is 13.3. The average molecular weight is 643 g/mol. The van der Waals surface area contributed by atoms with Crippen LogP contribution >= 0.6 is 0 Å². The van der Waals surface area contributed by atoms with Gasteiger partial charge in [-0.1, -0.05) is 0 Å². The van der Waals surface area contributed by atoms with Crippen molar-refractivity contribution in [2.24, 2.45) is 0 Å². The number of ether oxygens (including phenoxy) is 4. The number of aromatic hydroxyl groups is 5. The van der Waals surface area contributed by atoms with E-state index in [4.69, 9.17) is 23.4 Å². The molecule has 0 spiro atoms. The van der Waals surface area contributed by atoms with Gasteiger partial charge in [-0.05, 0) is 12.1 Å². The van der Waals surface area contributed by atoms with Crippen LogP contribution in [0.5, 0.6) is 34.5 Å². The Balaban J connectivity index is 1.49. The fourth-order valence-corrected chi connectivity index (χ4v) is 4.96. The summed E-state index contributed by atoms with van der Waals surface area (Å²) < 4.78 is 27.5. The molecular weight excluding hydrogens is 612 g/mol. The van der Waals surface area contributed by atoms with E-state index >= 15 is 0 Å². The zero-order valence-corrected chi connectivity index (χ0v) is 22.8. The second-order valence-corrected chi connectivity index (χ2v) is 10.5. The predicted octanol–water partition coefficient (Wildman–Crippen LogP) is -3.01. The van der Waals surface area contributed by atoms with Crippen molar-refractivity contribution in [3.05, 3.63) is 34.5 Å². The van der Waals surface area contributed by atoms with Gasteiger partial charge in [0.2, 0.25) is 17.5 Å². The number of phenols is 5. The third-order valence-electron chi connectivity index (χ3n) is 7.43. The van der Waals surface area contributed by atoms with Crippen LogP contribution in [0.1, 0.15) is 0 Å². The van der Waals surface area contributed by atoms with Crippen molar-refractivity contribution in [2.75, 3.05) is 13.2 Å². The Morgan fingerprint density at radius 2 is 1.27 bits per heavy atom. The fourth-order valence-electron chi connectivity index (χ4n) is 4.96. The van der Waals surface area contributed by atoms with Crippen LogP contribution in [0.25, 0.3) is 22.3 Å². The van der Waals surface area contributed by atoms with Crippen LogP contribution in [0.15, 0.2) is 33.5 Å². The van der Waals surface area contributed by atoms with E-state index in [0.29, 0.717) is 0 Å². The molecule has 3 aromatic rings. The molecule has 0 amide bonds. The molecule has 12 N–H and O–H groups in total. The van der Waals surface area contributed by atoms with Gasteiger partial charge in [0.1, 0.15) is 71.3 Å². The Bertz CT molecular complexity index is 1580. The topological polar surface area (TPSA) is 310 Å². The monoisotopic (exact) mass is 642 g/mol. The molecule has 1 aromatic heterocycles. The molecule has 2 fully saturated rings. The minimum atomic E-state index is -2.05. The van der Waals surface area contributed by atoms with Crippen molar-refractivity contribution in [2.45, 2.75) is 61.4 Å². The number of phenolic OH excluding ortho intramolecular Hbond substituents is 5. The smallest absolute Gasteiger partial charge is 0.239 e. The summed E-state index contributed by atoms with van der Waals surface area (Å²) in [4.78, 5) is 13.6. The van der Waals surface area contributed by atoms with E-state index in [0.717, 1.165) is 24.3 Å². The van der Waals surface area contributed by atoms with Crippen molar-refractivity contribution in [1.82, 2.24) is 0 Å². The second-order valence-electron chi connectivity index (χ2n) is 10.5. The molecule has 0 radical (unpaired) electrons. The lowest BCUT2D eigenvalue weighted by atomic mass is 9.98. The largest absolute Gasteiger partial charge is 0.508 e. The van der Waals surface area contributed by atoms with Crippen LogP contribution in [0.2, 0.25) is 0 Å². The summed E-state index contributed by atoms with van der Waals surface area (Å²) in [5.74, 6) is -5.28. The van der Waals surface area contributed by atoms with E-state index in [1.54, 1.807) is 0 Å². The molecule has 0 saturated carbocycles. The Kier molecular flexibility index (Phi) is 8.97. The molecule has 18 heteroatoms. The Morgan fingerprint density at radius 3 is 1.89 bits per heavy atom. The quantitative estimate of drug-likeness (QED) is 0.114. The molecule has 0 aliphatic carbocycles. The maximum absolute atomic E-state index is 13.6. The van der Waals surface area contributed by atoms with Gasteiger partial charge in [0.15, 0.2) is 29.3 Å². The summed E-state index contributed by atoms with van der Waals surface area (Å²) in [6.07, 6.45) is -17.8. The van der Waals surface area contributed by atoms with Crippen molar-refractivity contribution in [1.29, 1.82) is 0 Å². The lowest BCUT2D eigenvalue weighted by Crippen LogP contribution is -2.62. The molecule has 18 nitrogen and oxygen atoms in total. The first kappa shape index (κ1) is 32.4. The SMILES string of the molecule is O=c1c(O[C@H]2O[C@H](CO[C@H]3O[C@H](CO)[C@H](O)[C@@H](O)[C@@H]3O)[C@H](O)[C@@H](O)[C@H]2O)c(-c2cc(O)c(O)c(O)c2)oc2cc(O)cc(O)c12. The minimum absolute atomic E-state index is 0.284. The van der Waals surface area contributed by atoms with Gasteiger partial charge in [0.25, 0.3) is 0 Å². The summed E-state index contributed by atoms with van der Waals surface area (Å²) in [5, 5.41) is 121. The van der Waals surface area contributed by atoms with Gasteiger partial charge in [0.05, 0.1) is 13.2 Å². The van der Waals surface area contributed by atoms with Crippen LogP contribution in [0.3, 0.4) is 0 Å². The van der Waals surface area contributed by atoms with Crippen LogP contribution in [-0.2, 0) is 14.2 Å². The summed E-state index contributed by atoms with van der Waals surface area (Å²) in [7, 11) is 0. The van der Waals surface area contributed by atoms with Crippen molar-refractivity contribution in [3.63, 3.8) is 0 Å². The molecule has 2 aliphatic heterocycles. The predicted molar refractivity (Wildman–Crippen MR) is 143 cm³/mol. The number of aliphatic hydroxyl groups excluding tert-OH is 7. The van der Waals surface area contributed by atoms with E-state index in [9.17, 15) is 66.1 Å². The number of benzene rings is 2. The highest BCUT2D eigenvalue weighted by Gasteiger charge is 2.48. The Hall–Kier alpha value is -3.95. The maximum atomic E-state index is 13.6. The molecular formula is C27H30O18. The normalized spacial score (nSPS) is 32.1. The van der Waals surface area contributed by atoms with Crippen molar-refractivity contribution in [3.8, 4) is 45.8 Å². The van der Waals surface area contributed by atoms with Gasteiger partial charge < -0.3 is 84.6 Å². The Labute approximate surface area is 250 Å². The first-order valence-corrected chi connectivity index (χ1v) is 13.3. The first-order chi connectivity index (χ1) is 21.2. The molecule has 45 heavy (non-hydrogen) atoms. The van der Waals surface area contributed by atoms with E-state index in [1.165, 1.54) is 0 Å². The van der Waals surface area contributed by atoms with Crippen LogP contribution < -0.4 is 10.2 Å². The van der Waals surface area contributed by atoms with Gasteiger partial charge in [-0.3, -0.25) is 4.79 Å². The zero-order chi connectivity index (χ0) is 32.9. The Morgan fingerprint density at radius 1 is 0.689 bits per heavy atom. The van der Waals surface area contributed by atoms with Crippen LogP contribution in [0, 0.1) is 0 Å². The molecule has 0 unspecified atom stereocenters. The summed E-state index contributed by atoms with van der Waals surface area (Å²) in [6, 6.07) is 3.51. The summed E-state index contributed by atoms with van der Waals surface area (Å²) >= 11 is 0. The third-order valence-corrected chi connectivity index (χ3v) is 7.43. The highest BCUT2D eigenvalue weighted by molar-refractivity contribution is 5.88. The number of hydrogen-bond acceptors (Lipinski definition) is 18. The molecule has 10 atom stereocenters. The molecule has 2 saturated heterocycles. The van der Waals surface area contributed by atoms with E-state index in [-0.39, 0.29) is 5.56 Å². The second kappa shape index (κ2) is 12.4. The molecule has 2 aliphatic rings. The van der Waals surface area contributed by atoms with E-state index in [1.807, 2.05) is 0 Å². The lowest BCUT2D eigenvalue weighted by molar-refractivity contribution is -0.323. The van der Waals surface area contributed by atoms with Crippen molar-refractivity contribution >= 4 is 11.0 Å². The van der Waals surface area contributed by atoms with Crippen molar-refractivity contribution < 1.29 is 84.6 Å². The number of fused-ring (bicyclic) bond motifs is 1. The van der Waals surface area contributed by atoms with Gasteiger partial charge in [-0.2, -0.15) is 0 Å². The van der Waals surface area contributed by atoms with Gasteiger partial charge in [-0.15, -0.1) is 0 Å². The standard InChI is InChI=1S/C27H30O18/c28-5-13-17(34)20(37)22(39)26(43-13)41-6-14-18(35)21(38)23(40)27(44-14)45-25-19(36)15-9(30)3-8(29)4-12(15)42-24(25)7-1-10(31)16(33)11(32)2-7/h1-4,13-14,17-18,20-23,26-35,37-40H,5-6H2/t13-,14-,17+,18+,20-,21-,22+,23-,26+,27-/m1/s1. The molecule has 3 heterocycles. The number of rotatable bonds is 7. The highest BCUT2D eigenvalue weighted by Crippen LogP contribution is 2.43. The van der Waals surface area contributed by atoms with Crippen LogP contribution in [-0.4, -0.2) is 136 Å². The molecule has 246 valence electrons. The third kappa shape index (κ3) is 5.91. The average Bonchev–Trinajstić information content (AvgIpc) is 2.99. The zero-order valence-electron chi connectivity index (χ0n) is 22.8. The van der Waals surface area contributed by atoms with Gasteiger partial charge >= 0.3 is 0 Å².